The Morgan fingerprint density at radius 2 is 1.84 bits per heavy atom. The van der Waals surface area contributed by atoms with Crippen LogP contribution in [0.1, 0.15) is 36.0 Å². The average Bonchev–Trinajstić information content (AvgIpc) is 3.30. The van der Waals surface area contributed by atoms with Gasteiger partial charge < -0.3 is 9.47 Å². The normalized spacial score (nSPS) is 14.8. The van der Waals surface area contributed by atoms with E-state index in [-0.39, 0.29) is 0 Å². The second-order valence-corrected chi connectivity index (χ2v) is 7.02. The molecule has 3 aromatic rings. The molecule has 1 aliphatic rings. The SMILES string of the molecule is Cc1nc(C)n2nc(CCc3nc(N4CCCC4)cn3C)nc2c1Cl. The minimum atomic E-state index is 0.567. The molecular formula is C17H22ClN7. The molecule has 0 spiro atoms. The number of rotatable bonds is 4. The summed E-state index contributed by atoms with van der Waals surface area (Å²) in [6.07, 6.45) is 6.15. The first-order chi connectivity index (χ1) is 12.0. The van der Waals surface area contributed by atoms with Crippen LogP contribution in [0.5, 0.6) is 0 Å². The van der Waals surface area contributed by atoms with Crippen molar-refractivity contribution >= 4 is 23.1 Å². The van der Waals surface area contributed by atoms with Crippen LogP contribution in [0.2, 0.25) is 5.02 Å². The van der Waals surface area contributed by atoms with Crippen LogP contribution in [0.3, 0.4) is 0 Å². The lowest BCUT2D eigenvalue weighted by Crippen LogP contribution is -2.17. The zero-order valence-electron chi connectivity index (χ0n) is 14.8. The van der Waals surface area contributed by atoms with Gasteiger partial charge in [0.05, 0.1) is 5.69 Å². The van der Waals surface area contributed by atoms with Crippen molar-refractivity contribution in [3.05, 3.63) is 34.4 Å². The maximum absolute atomic E-state index is 6.32. The van der Waals surface area contributed by atoms with E-state index in [2.05, 4.69) is 30.7 Å². The van der Waals surface area contributed by atoms with Crippen molar-refractivity contribution in [3.8, 4) is 0 Å². The zero-order valence-corrected chi connectivity index (χ0v) is 15.6. The Bertz CT molecular complexity index is 921. The quantitative estimate of drug-likeness (QED) is 0.716. The van der Waals surface area contributed by atoms with Gasteiger partial charge in [-0.2, -0.15) is 4.52 Å². The van der Waals surface area contributed by atoms with Crippen LogP contribution in [-0.4, -0.2) is 42.2 Å². The Kier molecular flexibility index (Phi) is 4.11. The molecule has 7 nitrogen and oxygen atoms in total. The van der Waals surface area contributed by atoms with E-state index in [1.807, 2.05) is 20.9 Å². The number of hydrogen-bond donors (Lipinski definition) is 0. The van der Waals surface area contributed by atoms with Crippen molar-refractivity contribution in [2.75, 3.05) is 18.0 Å². The minimum absolute atomic E-state index is 0.567. The number of aryl methyl sites for hydroxylation is 5. The van der Waals surface area contributed by atoms with E-state index < -0.39 is 0 Å². The Morgan fingerprint density at radius 3 is 2.60 bits per heavy atom. The number of halogens is 1. The van der Waals surface area contributed by atoms with Gasteiger partial charge in [0, 0.05) is 39.2 Å². The molecule has 3 aromatic heterocycles. The molecular weight excluding hydrogens is 338 g/mol. The fourth-order valence-corrected chi connectivity index (χ4v) is 3.54. The summed E-state index contributed by atoms with van der Waals surface area (Å²) in [6, 6.07) is 0. The number of anilines is 1. The van der Waals surface area contributed by atoms with E-state index in [0.717, 1.165) is 54.9 Å². The molecule has 1 aliphatic heterocycles. The number of hydrogen-bond acceptors (Lipinski definition) is 5. The van der Waals surface area contributed by atoms with Crippen molar-refractivity contribution < 1.29 is 0 Å². The molecule has 4 heterocycles. The summed E-state index contributed by atoms with van der Waals surface area (Å²) in [7, 11) is 2.05. The monoisotopic (exact) mass is 359 g/mol. The molecule has 132 valence electrons. The lowest BCUT2D eigenvalue weighted by Gasteiger charge is -2.12. The molecule has 0 saturated carbocycles. The van der Waals surface area contributed by atoms with Gasteiger partial charge >= 0.3 is 0 Å². The Balaban J connectivity index is 1.54. The van der Waals surface area contributed by atoms with Gasteiger partial charge in [0.1, 0.15) is 22.5 Å². The molecule has 4 rings (SSSR count). The molecule has 1 saturated heterocycles. The standard InChI is InChI=1S/C17H22ClN7/c1-11-16(18)17-20-13(22-25(17)12(2)19-11)6-7-14-21-15(10-23(14)3)24-8-4-5-9-24/h10H,4-9H2,1-3H3. The molecule has 0 aliphatic carbocycles. The second-order valence-electron chi connectivity index (χ2n) is 6.64. The first-order valence-corrected chi connectivity index (χ1v) is 9.06. The first-order valence-electron chi connectivity index (χ1n) is 8.68. The third-order valence-corrected chi connectivity index (χ3v) is 5.21. The van der Waals surface area contributed by atoms with Crippen molar-refractivity contribution in [1.29, 1.82) is 0 Å². The fourth-order valence-electron chi connectivity index (χ4n) is 3.37. The zero-order chi connectivity index (χ0) is 17.6. The Labute approximate surface area is 151 Å². The van der Waals surface area contributed by atoms with Gasteiger partial charge in [-0.1, -0.05) is 11.6 Å². The van der Waals surface area contributed by atoms with Gasteiger partial charge in [0.2, 0.25) is 0 Å². The first kappa shape index (κ1) is 16.3. The Morgan fingerprint density at radius 1 is 1.08 bits per heavy atom. The van der Waals surface area contributed by atoms with Gasteiger partial charge in [-0.15, -0.1) is 5.10 Å². The van der Waals surface area contributed by atoms with Gasteiger partial charge in [-0.25, -0.2) is 15.0 Å². The molecule has 0 bridgehead atoms. The van der Waals surface area contributed by atoms with E-state index in [1.165, 1.54) is 12.8 Å². The highest BCUT2D eigenvalue weighted by Gasteiger charge is 2.17. The average molecular weight is 360 g/mol. The highest BCUT2D eigenvalue weighted by molar-refractivity contribution is 6.34. The molecule has 0 N–H and O–H groups in total. The predicted octanol–water partition coefficient (Wildman–Crippen LogP) is 2.51. The largest absolute Gasteiger partial charge is 0.355 e. The number of imidazole rings is 1. The van der Waals surface area contributed by atoms with Crippen LogP contribution in [0.25, 0.3) is 5.65 Å². The van der Waals surface area contributed by atoms with Gasteiger partial charge in [0.25, 0.3) is 0 Å². The summed E-state index contributed by atoms with van der Waals surface area (Å²) in [5.41, 5.74) is 1.46. The van der Waals surface area contributed by atoms with Crippen molar-refractivity contribution in [2.24, 2.45) is 7.05 Å². The van der Waals surface area contributed by atoms with Crippen molar-refractivity contribution in [1.82, 2.24) is 29.1 Å². The summed E-state index contributed by atoms with van der Waals surface area (Å²) in [5.74, 6) is 3.70. The summed E-state index contributed by atoms with van der Waals surface area (Å²) in [5, 5.41) is 5.12. The minimum Gasteiger partial charge on any atom is -0.355 e. The molecule has 0 atom stereocenters. The molecule has 0 radical (unpaired) electrons. The second kappa shape index (κ2) is 6.29. The lowest BCUT2D eigenvalue weighted by molar-refractivity contribution is 0.739. The predicted molar refractivity (Wildman–Crippen MR) is 97.3 cm³/mol. The van der Waals surface area contributed by atoms with Crippen LogP contribution in [0.4, 0.5) is 5.82 Å². The molecule has 8 heteroatoms. The van der Waals surface area contributed by atoms with Crippen LogP contribution in [-0.2, 0) is 19.9 Å². The van der Waals surface area contributed by atoms with Crippen molar-refractivity contribution in [3.63, 3.8) is 0 Å². The smallest absolute Gasteiger partial charge is 0.178 e. The topological polar surface area (TPSA) is 64.1 Å². The number of aromatic nitrogens is 6. The highest BCUT2D eigenvalue weighted by Crippen LogP contribution is 2.21. The van der Waals surface area contributed by atoms with Crippen LogP contribution >= 0.6 is 11.6 Å². The summed E-state index contributed by atoms with van der Waals surface area (Å²) >= 11 is 6.32. The van der Waals surface area contributed by atoms with Crippen LogP contribution < -0.4 is 4.90 Å². The number of nitrogens with zero attached hydrogens (tertiary/aromatic N) is 7. The van der Waals surface area contributed by atoms with Gasteiger partial charge in [-0.3, -0.25) is 0 Å². The van der Waals surface area contributed by atoms with E-state index >= 15 is 0 Å². The fraction of sp³-hybridized carbons (Fsp3) is 0.529. The van der Waals surface area contributed by atoms with Crippen molar-refractivity contribution in [2.45, 2.75) is 39.5 Å². The molecule has 1 fully saturated rings. The molecule has 0 aromatic carbocycles. The lowest BCUT2D eigenvalue weighted by atomic mass is 10.3. The van der Waals surface area contributed by atoms with Gasteiger partial charge in [-0.05, 0) is 26.7 Å². The summed E-state index contributed by atoms with van der Waals surface area (Å²) in [4.78, 5) is 16.1. The van der Waals surface area contributed by atoms with E-state index in [9.17, 15) is 0 Å². The maximum Gasteiger partial charge on any atom is 0.178 e. The van der Waals surface area contributed by atoms with Crippen LogP contribution in [0.15, 0.2) is 6.20 Å². The molecule has 0 amide bonds. The number of fused-ring (bicyclic) bond motifs is 1. The molecule has 0 unspecified atom stereocenters. The van der Waals surface area contributed by atoms with E-state index in [1.54, 1.807) is 4.52 Å². The van der Waals surface area contributed by atoms with E-state index in [0.29, 0.717) is 10.7 Å². The third kappa shape index (κ3) is 2.97. The highest BCUT2D eigenvalue weighted by atomic mass is 35.5. The maximum atomic E-state index is 6.32. The van der Waals surface area contributed by atoms with Gasteiger partial charge in [0.15, 0.2) is 11.5 Å². The van der Waals surface area contributed by atoms with Crippen LogP contribution in [0, 0.1) is 13.8 Å². The summed E-state index contributed by atoms with van der Waals surface area (Å²) < 4.78 is 3.83. The molecule has 25 heavy (non-hydrogen) atoms. The summed E-state index contributed by atoms with van der Waals surface area (Å²) in [6.45, 7) is 6.01. The Hall–Kier alpha value is -2.15. The third-order valence-electron chi connectivity index (χ3n) is 4.76. The van der Waals surface area contributed by atoms with E-state index in [4.69, 9.17) is 16.6 Å².